The third-order valence-electron chi connectivity index (χ3n) is 8.10. The van der Waals surface area contributed by atoms with Gasteiger partial charge in [0.05, 0.1) is 70.5 Å². The summed E-state index contributed by atoms with van der Waals surface area (Å²) < 4.78 is 20.4. The molecule has 0 N–H and O–H groups in total. The normalized spacial score (nSPS) is 20.5. The molecule has 0 spiro atoms. The van der Waals surface area contributed by atoms with Crippen LogP contribution in [0.3, 0.4) is 0 Å². The Bertz CT molecular complexity index is 1730. The molecule has 4 heterocycles. The van der Waals surface area contributed by atoms with Gasteiger partial charge in [-0.15, -0.1) is 0 Å². The fourth-order valence-corrected chi connectivity index (χ4v) is 5.72. The molecule has 0 radical (unpaired) electrons. The maximum Gasteiger partial charge on any atom is 2.00 e. The van der Waals surface area contributed by atoms with Crippen molar-refractivity contribution in [3.8, 4) is 0 Å². The first-order valence-corrected chi connectivity index (χ1v) is 16.6. The third kappa shape index (κ3) is 9.51. The maximum atomic E-state index is 12.1. The largest absolute Gasteiger partial charge is 2.00 e. The van der Waals surface area contributed by atoms with E-state index in [0.29, 0.717) is 94.4 Å². The van der Waals surface area contributed by atoms with Gasteiger partial charge in [-0.1, -0.05) is 13.8 Å². The first-order chi connectivity index (χ1) is 23.6. The Labute approximate surface area is 320 Å². The van der Waals surface area contributed by atoms with Gasteiger partial charge in [0, 0.05) is 22.6 Å². The molecule has 4 aliphatic rings. The van der Waals surface area contributed by atoms with Crippen LogP contribution in [0.2, 0.25) is 0 Å². The Hall–Kier alpha value is -4.34. The number of allylic oxidation sites excluding steroid dienone is 8. The molecule has 13 heteroatoms. The average Bonchev–Trinajstić information content (AvgIpc) is 3.68. The van der Waals surface area contributed by atoms with Gasteiger partial charge in [-0.3, -0.25) is 20.0 Å². The molecule has 0 aromatic carbocycles. The molecule has 0 bridgehead atoms. The van der Waals surface area contributed by atoms with Crippen LogP contribution in [0.5, 0.6) is 0 Å². The van der Waals surface area contributed by atoms with Crippen LogP contribution in [0.4, 0.5) is 0 Å². The van der Waals surface area contributed by atoms with Gasteiger partial charge in [-0.25, -0.2) is 9.59 Å². The number of rotatable bonds is 10. The van der Waals surface area contributed by atoms with Crippen molar-refractivity contribution in [3.05, 3.63) is 91.4 Å². The number of ether oxygens (including phenoxy) is 4. The van der Waals surface area contributed by atoms with Crippen molar-refractivity contribution in [2.45, 2.75) is 83.1 Å². The van der Waals surface area contributed by atoms with E-state index in [2.05, 4.69) is 20.0 Å². The van der Waals surface area contributed by atoms with Crippen LogP contribution < -0.4 is 10.2 Å². The van der Waals surface area contributed by atoms with Gasteiger partial charge in [-0.2, -0.15) is 0 Å². The van der Waals surface area contributed by atoms with Gasteiger partial charge < -0.3 is 29.2 Å². The molecular formula is C38H46CdN4O8. The third-order valence-corrected chi connectivity index (χ3v) is 8.10. The standard InChI is InChI=1S/2C19H24N2O4.Cd/c2*1-7-24-18(22)16-10(3)14(20-12(16)5)9-15-11(4)17(13(6)21-15)19(23)25-8-2;/h2*9,22H,7-8H2,1-6H3;/q;;+2/p-2/b2*15-9-,18-16+;. The second kappa shape index (κ2) is 18.8. The Kier molecular flexibility index (Phi) is 15.8. The molecule has 0 unspecified atom stereocenters. The Balaban J connectivity index is 0.000000347. The first kappa shape index (κ1) is 42.8. The summed E-state index contributed by atoms with van der Waals surface area (Å²) in [5.74, 6) is -1.50. The van der Waals surface area contributed by atoms with Crippen LogP contribution >= 0.6 is 0 Å². The Morgan fingerprint density at radius 2 is 0.824 bits per heavy atom. The summed E-state index contributed by atoms with van der Waals surface area (Å²) in [4.78, 5) is 42.0. The summed E-state index contributed by atoms with van der Waals surface area (Å²) in [6.45, 7) is 22.7. The zero-order valence-electron chi connectivity index (χ0n) is 31.7. The van der Waals surface area contributed by atoms with Crippen LogP contribution in [0, 0.1) is 0 Å². The molecule has 0 saturated carbocycles. The van der Waals surface area contributed by atoms with E-state index in [1.54, 1.807) is 67.5 Å². The average molecular weight is 799 g/mol. The number of carbonyl (C=O) groups excluding carboxylic acids is 2. The van der Waals surface area contributed by atoms with E-state index < -0.39 is 0 Å². The quantitative estimate of drug-likeness (QED) is 0.166. The maximum absolute atomic E-state index is 12.1. The summed E-state index contributed by atoms with van der Waals surface area (Å²) in [5, 5.41) is 24.2. The van der Waals surface area contributed by atoms with Crippen LogP contribution in [0.1, 0.15) is 83.1 Å². The molecule has 0 amide bonds. The van der Waals surface area contributed by atoms with Crippen LogP contribution in [0.15, 0.2) is 111 Å². The number of aliphatic imine (C=N–C) groups is 4. The van der Waals surface area contributed by atoms with Crippen LogP contribution in [-0.4, -0.2) is 61.2 Å². The molecule has 268 valence electrons. The van der Waals surface area contributed by atoms with E-state index in [1.165, 1.54) is 0 Å². The molecule has 0 aliphatic carbocycles. The molecule has 51 heavy (non-hydrogen) atoms. The van der Waals surface area contributed by atoms with E-state index in [0.717, 1.165) is 22.3 Å². The molecule has 0 saturated heterocycles. The van der Waals surface area contributed by atoms with Gasteiger partial charge in [0.2, 0.25) is 0 Å². The van der Waals surface area contributed by atoms with Gasteiger partial charge in [-0.05, 0) is 117 Å². The molecular weight excluding hydrogens is 753 g/mol. The van der Waals surface area contributed by atoms with E-state index in [4.69, 9.17) is 18.9 Å². The van der Waals surface area contributed by atoms with Crippen molar-refractivity contribution in [2.75, 3.05) is 26.4 Å². The fourth-order valence-electron chi connectivity index (χ4n) is 5.72. The molecule has 0 fully saturated rings. The molecule has 0 aromatic heterocycles. The van der Waals surface area contributed by atoms with E-state index in [1.807, 2.05) is 27.7 Å². The second-order valence-corrected chi connectivity index (χ2v) is 11.5. The molecule has 4 aliphatic heterocycles. The number of esters is 2. The van der Waals surface area contributed by atoms with Crippen molar-refractivity contribution >= 4 is 34.8 Å². The molecule has 4 rings (SSSR count). The smallest absolute Gasteiger partial charge is 0.613 e. The van der Waals surface area contributed by atoms with Crippen molar-refractivity contribution in [1.29, 1.82) is 0 Å². The summed E-state index contributed by atoms with van der Waals surface area (Å²) in [7, 11) is 0. The zero-order chi connectivity index (χ0) is 37.4. The van der Waals surface area contributed by atoms with E-state index in [-0.39, 0.29) is 51.1 Å². The number of nitrogens with zero attached hydrogens (tertiary/aromatic N) is 4. The van der Waals surface area contributed by atoms with Crippen molar-refractivity contribution in [2.24, 2.45) is 20.0 Å². The van der Waals surface area contributed by atoms with Crippen LogP contribution in [0.25, 0.3) is 0 Å². The van der Waals surface area contributed by atoms with E-state index >= 15 is 0 Å². The predicted molar refractivity (Wildman–Crippen MR) is 190 cm³/mol. The minimum Gasteiger partial charge on any atom is -0.613 e. The molecule has 0 atom stereocenters. The summed E-state index contributed by atoms with van der Waals surface area (Å²) in [5.41, 5.74) is 9.99. The molecule has 12 nitrogen and oxygen atoms in total. The Morgan fingerprint density at radius 1 is 0.510 bits per heavy atom. The zero-order valence-corrected chi connectivity index (χ0v) is 35.8. The second-order valence-electron chi connectivity index (χ2n) is 11.5. The molecule has 0 aromatic rings. The topological polar surface area (TPSA) is 167 Å². The fraction of sp³-hybridized carbons (Fsp3) is 0.421. The van der Waals surface area contributed by atoms with Crippen molar-refractivity contribution in [1.82, 2.24) is 0 Å². The monoisotopic (exact) mass is 800 g/mol. The first-order valence-electron chi connectivity index (χ1n) is 16.6. The van der Waals surface area contributed by atoms with Crippen molar-refractivity contribution in [3.63, 3.8) is 0 Å². The summed E-state index contributed by atoms with van der Waals surface area (Å²) >= 11 is 0. The van der Waals surface area contributed by atoms with Gasteiger partial charge >= 0.3 is 39.2 Å². The van der Waals surface area contributed by atoms with Crippen LogP contribution in [-0.2, 0) is 55.8 Å². The number of hydrogen-bond acceptors (Lipinski definition) is 12. The number of carbonyl (C=O) groups is 2. The van der Waals surface area contributed by atoms with E-state index in [9.17, 15) is 19.8 Å². The Morgan fingerprint density at radius 3 is 1.12 bits per heavy atom. The minimum absolute atomic E-state index is 0. The summed E-state index contributed by atoms with van der Waals surface area (Å²) in [6, 6.07) is 0. The summed E-state index contributed by atoms with van der Waals surface area (Å²) in [6.07, 6.45) is 3.58. The van der Waals surface area contributed by atoms with Crippen molar-refractivity contribution < 1.29 is 66.0 Å². The SMILES string of the molecule is CCOC(=O)C1=C(C)/C(=C/C2=C(C)C(=C(/[O-])OCC)/C(C)=N2)N=C1C.CCOC(=O)C1=C(C)/C(=C/C2=C(C)C(=C(/[O-])OCC)/C(C)=N2)N=C1C.[Cd+2]. The van der Waals surface area contributed by atoms with Gasteiger partial charge in [0.1, 0.15) is 0 Å². The van der Waals surface area contributed by atoms with Gasteiger partial charge in [0.25, 0.3) is 0 Å². The number of hydrogen-bond donors (Lipinski definition) is 0. The minimum atomic E-state index is -0.375. The predicted octanol–water partition coefficient (Wildman–Crippen LogP) is 5.16. The van der Waals surface area contributed by atoms with Gasteiger partial charge in [0.15, 0.2) is 0 Å².